The Morgan fingerprint density at radius 1 is 0.800 bits per heavy atom. The molecule has 0 amide bonds. The first kappa shape index (κ1) is 20.1. The molecule has 0 radical (unpaired) electrons. The van der Waals surface area contributed by atoms with Gasteiger partial charge in [-0.15, -0.1) is 0 Å². The lowest BCUT2D eigenvalue weighted by Crippen LogP contribution is -2.47. The van der Waals surface area contributed by atoms with Crippen LogP contribution in [0.25, 0.3) is 0 Å². The summed E-state index contributed by atoms with van der Waals surface area (Å²) in [5.41, 5.74) is -0.158. The van der Waals surface area contributed by atoms with Crippen molar-refractivity contribution >= 4 is 8.80 Å². The van der Waals surface area contributed by atoms with Crippen molar-refractivity contribution in [2.24, 2.45) is 0 Å². The summed E-state index contributed by atoms with van der Waals surface area (Å²) < 4.78 is 16.9. The van der Waals surface area contributed by atoms with Crippen molar-refractivity contribution in [2.75, 3.05) is 14.2 Å². The second-order valence-corrected chi connectivity index (χ2v) is 9.10. The SMILES string of the molecule is CCCCCCCCCCC(C)(C)O[Si](C)(OC)OC. The van der Waals surface area contributed by atoms with Crippen molar-refractivity contribution < 1.29 is 13.3 Å². The van der Waals surface area contributed by atoms with Gasteiger partial charge in [-0.3, -0.25) is 0 Å². The normalized spacial score (nSPS) is 12.9. The maximum Gasteiger partial charge on any atom is 0.497 e. The van der Waals surface area contributed by atoms with Crippen LogP contribution in [0, 0.1) is 0 Å². The molecule has 0 aliphatic carbocycles. The van der Waals surface area contributed by atoms with Crippen LogP contribution in [0.5, 0.6) is 0 Å². The van der Waals surface area contributed by atoms with E-state index in [-0.39, 0.29) is 5.60 Å². The maximum atomic E-state index is 6.08. The molecule has 0 aromatic heterocycles. The molecule has 0 unspecified atom stereocenters. The molecule has 0 bridgehead atoms. The molecule has 0 aromatic carbocycles. The molecule has 0 fully saturated rings. The van der Waals surface area contributed by atoms with Crippen LogP contribution in [-0.4, -0.2) is 28.6 Å². The molecule has 0 heterocycles. The zero-order valence-corrected chi connectivity index (χ0v) is 15.6. The minimum atomic E-state index is -2.42. The third kappa shape index (κ3) is 9.92. The summed E-state index contributed by atoms with van der Waals surface area (Å²) in [4.78, 5) is 0. The van der Waals surface area contributed by atoms with Gasteiger partial charge in [-0.1, -0.05) is 58.3 Å². The van der Waals surface area contributed by atoms with Crippen molar-refractivity contribution in [3.8, 4) is 0 Å². The van der Waals surface area contributed by atoms with Gasteiger partial charge in [0.05, 0.1) is 5.60 Å². The van der Waals surface area contributed by atoms with Crippen molar-refractivity contribution in [3.05, 3.63) is 0 Å². The van der Waals surface area contributed by atoms with Gasteiger partial charge in [-0.05, 0) is 20.3 Å². The van der Waals surface area contributed by atoms with E-state index in [9.17, 15) is 0 Å². The Bertz CT molecular complexity index is 228. The molecule has 0 spiro atoms. The lowest BCUT2D eigenvalue weighted by Gasteiger charge is -2.33. The van der Waals surface area contributed by atoms with Gasteiger partial charge in [0.2, 0.25) is 0 Å². The highest BCUT2D eigenvalue weighted by Gasteiger charge is 2.38. The molecule has 0 atom stereocenters. The number of unbranched alkanes of at least 4 members (excludes halogenated alkanes) is 7. The van der Waals surface area contributed by atoms with Crippen LogP contribution in [0.15, 0.2) is 0 Å². The Labute approximate surface area is 127 Å². The summed E-state index contributed by atoms with van der Waals surface area (Å²) in [5.74, 6) is 0. The van der Waals surface area contributed by atoms with Crippen LogP contribution >= 0.6 is 0 Å². The van der Waals surface area contributed by atoms with Crippen molar-refractivity contribution in [3.63, 3.8) is 0 Å². The topological polar surface area (TPSA) is 27.7 Å². The van der Waals surface area contributed by atoms with Crippen LogP contribution in [0.1, 0.15) is 78.6 Å². The van der Waals surface area contributed by atoms with Gasteiger partial charge >= 0.3 is 8.80 Å². The highest BCUT2D eigenvalue weighted by molar-refractivity contribution is 6.59. The van der Waals surface area contributed by atoms with Crippen LogP contribution in [0.3, 0.4) is 0 Å². The van der Waals surface area contributed by atoms with Crippen LogP contribution in [0.2, 0.25) is 6.55 Å². The molecule has 0 saturated heterocycles. The molecule has 3 nitrogen and oxygen atoms in total. The predicted molar refractivity (Wildman–Crippen MR) is 88.0 cm³/mol. The first-order valence-corrected chi connectivity index (χ1v) is 10.4. The average molecular weight is 305 g/mol. The van der Waals surface area contributed by atoms with Crippen molar-refractivity contribution in [1.29, 1.82) is 0 Å². The molecule has 0 N–H and O–H groups in total. The third-order valence-electron chi connectivity index (χ3n) is 3.84. The Morgan fingerprint density at radius 3 is 1.70 bits per heavy atom. The van der Waals surface area contributed by atoms with E-state index < -0.39 is 8.80 Å². The summed E-state index contributed by atoms with van der Waals surface area (Å²) in [6.07, 6.45) is 11.8. The van der Waals surface area contributed by atoms with Crippen molar-refractivity contribution in [1.82, 2.24) is 0 Å². The smallest absolute Gasteiger partial charge is 0.377 e. The van der Waals surface area contributed by atoms with Gasteiger partial charge in [0.25, 0.3) is 0 Å². The highest BCUT2D eigenvalue weighted by atomic mass is 28.4. The van der Waals surface area contributed by atoms with E-state index in [1.807, 2.05) is 6.55 Å². The molecule has 20 heavy (non-hydrogen) atoms. The summed E-state index contributed by atoms with van der Waals surface area (Å²) in [7, 11) is 0.914. The van der Waals surface area contributed by atoms with Crippen molar-refractivity contribution in [2.45, 2.75) is 90.7 Å². The fraction of sp³-hybridized carbons (Fsp3) is 1.00. The monoisotopic (exact) mass is 304 g/mol. The van der Waals surface area contributed by atoms with E-state index >= 15 is 0 Å². The van der Waals surface area contributed by atoms with E-state index in [2.05, 4.69) is 20.8 Å². The minimum absolute atomic E-state index is 0.158. The minimum Gasteiger partial charge on any atom is -0.377 e. The molecule has 0 rings (SSSR count). The molecular weight excluding hydrogens is 268 g/mol. The van der Waals surface area contributed by atoms with Gasteiger partial charge in [0.1, 0.15) is 0 Å². The standard InChI is InChI=1S/C16H36O3Si/c1-7-8-9-10-11-12-13-14-15-16(2,3)19-20(6,17-4)18-5/h7-15H2,1-6H3. The van der Waals surface area contributed by atoms with E-state index in [0.717, 1.165) is 6.42 Å². The summed E-state index contributed by atoms with van der Waals surface area (Å²) in [6.45, 7) is 8.48. The zero-order valence-electron chi connectivity index (χ0n) is 14.6. The Morgan fingerprint density at radius 2 is 1.25 bits per heavy atom. The van der Waals surface area contributed by atoms with Gasteiger partial charge < -0.3 is 13.3 Å². The maximum absolute atomic E-state index is 6.08. The molecule has 4 heteroatoms. The quantitative estimate of drug-likeness (QED) is 0.347. The Kier molecular flexibility index (Phi) is 10.8. The molecule has 0 aromatic rings. The van der Waals surface area contributed by atoms with Gasteiger partial charge in [0.15, 0.2) is 0 Å². The second kappa shape index (κ2) is 10.8. The predicted octanol–water partition coefficient (Wildman–Crippen LogP) is 5.17. The van der Waals surface area contributed by atoms with E-state index in [1.54, 1.807) is 14.2 Å². The largest absolute Gasteiger partial charge is 0.497 e. The van der Waals surface area contributed by atoms with E-state index in [0.29, 0.717) is 0 Å². The zero-order chi connectivity index (χ0) is 15.5. The fourth-order valence-electron chi connectivity index (χ4n) is 2.40. The van der Waals surface area contributed by atoms with E-state index in [4.69, 9.17) is 13.3 Å². The van der Waals surface area contributed by atoms with Gasteiger partial charge in [-0.2, -0.15) is 0 Å². The summed E-state index contributed by atoms with van der Waals surface area (Å²) in [5, 5.41) is 0. The second-order valence-electron chi connectivity index (χ2n) is 6.36. The van der Waals surface area contributed by atoms with Crippen LogP contribution in [0.4, 0.5) is 0 Å². The first-order valence-electron chi connectivity index (χ1n) is 8.19. The molecular formula is C16H36O3Si. The average Bonchev–Trinajstić information content (AvgIpc) is 2.41. The third-order valence-corrected chi connectivity index (χ3v) is 6.24. The summed E-state index contributed by atoms with van der Waals surface area (Å²) in [6, 6.07) is 0. The molecule has 122 valence electrons. The lowest BCUT2D eigenvalue weighted by molar-refractivity contribution is 0.00340. The van der Waals surface area contributed by atoms with Crippen LogP contribution < -0.4 is 0 Å². The van der Waals surface area contributed by atoms with Gasteiger partial charge in [-0.25, -0.2) is 0 Å². The fourth-order valence-corrected chi connectivity index (χ4v) is 3.84. The molecule has 0 saturated carbocycles. The Hall–Kier alpha value is 0.0969. The summed E-state index contributed by atoms with van der Waals surface area (Å²) >= 11 is 0. The first-order chi connectivity index (χ1) is 9.39. The highest BCUT2D eigenvalue weighted by Crippen LogP contribution is 2.24. The molecule has 0 aliphatic rings. The van der Waals surface area contributed by atoms with E-state index in [1.165, 1.54) is 51.4 Å². The van der Waals surface area contributed by atoms with Gasteiger partial charge in [0, 0.05) is 20.8 Å². The Balaban J connectivity index is 3.72. The number of hydrogen-bond donors (Lipinski definition) is 0. The number of hydrogen-bond acceptors (Lipinski definition) is 3. The molecule has 0 aliphatic heterocycles. The van der Waals surface area contributed by atoms with Crippen LogP contribution in [-0.2, 0) is 13.3 Å². The lowest BCUT2D eigenvalue weighted by atomic mass is 9.99. The number of rotatable bonds is 13.